The number of non-ortho nitro benzene ring substituents is 1. The lowest BCUT2D eigenvalue weighted by Crippen LogP contribution is -2.12. The lowest BCUT2D eigenvalue weighted by Gasteiger charge is -2.11. The number of nitrogens with zero attached hydrogens (tertiary/aromatic N) is 3. The highest BCUT2D eigenvalue weighted by Gasteiger charge is 2.20. The molecule has 2 N–H and O–H groups in total. The van der Waals surface area contributed by atoms with Gasteiger partial charge in [0.2, 0.25) is 0 Å². The average Bonchev–Trinajstić information content (AvgIpc) is 2.95. The first-order valence-corrected chi connectivity index (χ1v) is 7.45. The molecule has 0 aliphatic carbocycles. The van der Waals surface area contributed by atoms with Crippen LogP contribution < -0.4 is 5.73 Å². The molecule has 2 heterocycles. The molecule has 1 atom stereocenters. The number of imidazole rings is 1. The standard InChI is InChI=1S/C17H18N4O2/c1-11-4-3-9-20-16(12(2)10-18)15(19-17(11)20)13-5-7-14(8-6-13)21(22)23/h3-9,12H,10,18H2,1-2H3. The number of fused-ring (bicyclic) bond motifs is 1. The van der Waals surface area contributed by atoms with Crippen molar-refractivity contribution in [2.45, 2.75) is 19.8 Å². The van der Waals surface area contributed by atoms with Crippen LogP contribution in [0.1, 0.15) is 24.1 Å². The zero-order valence-corrected chi connectivity index (χ0v) is 13.1. The van der Waals surface area contributed by atoms with Crippen molar-refractivity contribution in [3.05, 3.63) is 64.0 Å². The van der Waals surface area contributed by atoms with Gasteiger partial charge in [0, 0.05) is 36.4 Å². The molecule has 6 nitrogen and oxygen atoms in total. The van der Waals surface area contributed by atoms with Crippen molar-refractivity contribution >= 4 is 11.3 Å². The van der Waals surface area contributed by atoms with Gasteiger partial charge in [0.05, 0.1) is 16.3 Å². The maximum Gasteiger partial charge on any atom is 0.269 e. The van der Waals surface area contributed by atoms with Crippen LogP contribution in [0.2, 0.25) is 0 Å². The van der Waals surface area contributed by atoms with Gasteiger partial charge in [0.25, 0.3) is 5.69 Å². The Bertz CT molecular complexity index is 868. The van der Waals surface area contributed by atoms with E-state index in [1.54, 1.807) is 12.1 Å². The molecule has 0 amide bonds. The number of nitro benzene ring substituents is 1. The third-order valence-electron chi connectivity index (χ3n) is 4.05. The Morgan fingerprint density at radius 1 is 1.30 bits per heavy atom. The maximum atomic E-state index is 10.8. The Kier molecular flexibility index (Phi) is 3.83. The van der Waals surface area contributed by atoms with Gasteiger partial charge in [-0.05, 0) is 30.7 Å². The molecule has 0 radical (unpaired) electrons. The minimum Gasteiger partial charge on any atom is -0.330 e. The van der Waals surface area contributed by atoms with Crippen molar-refractivity contribution in [2.24, 2.45) is 5.73 Å². The zero-order valence-electron chi connectivity index (χ0n) is 13.1. The first-order chi connectivity index (χ1) is 11.0. The summed E-state index contributed by atoms with van der Waals surface area (Å²) in [4.78, 5) is 15.2. The van der Waals surface area contributed by atoms with Gasteiger partial charge < -0.3 is 10.1 Å². The van der Waals surface area contributed by atoms with Crippen LogP contribution in [0.15, 0.2) is 42.6 Å². The molecule has 3 rings (SSSR count). The number of rotatable bonds is 4. The minimum atomic E-state index is -0.402. The minimum absolute atomic E-state index is 0.0714. The Hall–Kier alpha value is -2.73. The highest BCUT2D eigenvalue weighted by Crippen LogP contribution is 2.31. The lowest BCUT2D eigenvalue weighted by atomic mass is 10.0. The summed E-state index contributed by atoms with van der Waals surface area (Å²) >= 11 is 0. The number of nitrogens with two attached hydrogens (primary N) is 1. The zero-order chi connectivity index (χ0) is 16.6. The predicted molar refractivity (Wildman–Crippen MR) is 89.5 cm³/mol. The Labute approximate surface area is 133 Å². The number of pyridine rings is 1. The summed E-state index contributed by atoms with van der Waals surface area (Å²) in [6, 6.07) is 10.5. The highest BCUT2D eigenvalue weighted by atomic mass is 16.6. The van der Waals surface area contributed by atoms with Gasteiger partial charge in [-0.3, -0.25) is 10.1 Å². The van der Waals surface area contributed by atoms with Gasteiger partial charge in [-0.25, -0.2) is 4.98 Å². The Morgan fingerprint density at radius 3 is 2.61 bits per heavy atom. The van der Waals surface area contributed by atoms with Crippen LogP contribution in [0, 0.1) is 17.0 Å². The van der Waals surface area contributed by atoms with Gasteiger partial charge in [0.15, 0.2) is 0 Å². The first-order valence-electron chi connectivity index (χ1n) is 7.45. The molecule has 0 fully saturated rings. The number of aryl methyl sites for hydroxylation is 1. The van der Waals surface area contributed by atoms with Crippen molar-refractivity contribution in [2.75, 3.05) is 6.54 Å². The van der Waals surface area contributed by atoms with Crippen molar-refractivity contribution in [3.63, 3.8) is 0 Å². The van der Waals surface area contributed by atoms with Crippen LogP contribution in [0.25, 0.3) is 16.9 Å². The van der Waals surface area contributed by atoms with Crippen molar-refractivity contribution < 1.29 is 4.92 Å². The van der Waals surface area contributed by atoms with E-state index in [1.807, 2.05) is 25.3 Å². The molecule has 6 heteroatoms. The number of aromatic nitrogens is 2. The molecule has 0 aliphatic rings. The number of hydrogen-bond donors (Lipinski definition) is 1. The molecule has 1 aromatic carbocycles. The van der Waals surface area contributed by atoms with E-state index in [2.05, 4.69) is 11.3 Å². The lowest BCUT2D eigenvalue weighted by molar-refractivity contribution is -0.384. The molecule has 0 aliphatic heterocycles. The molecule has 0 saturated heterocycles. The smallest absolute Gasteiger partial charge is 0.269 e. The molecule has 2 aromatic heterocycles. The summed E-state index contributed by atoms with van der Waals surface area (Å²) in [7, 11) is 0. The fraction of sp³-hybridized carbons (Fsp3) is 0.235. The highest BCUT2D eigenvalue weighted by molar-refractivity contribution is 5.69. The molecule has 3 aromatic rings. The molecular weight excluding hydrogens is 292 g/mol. The van der Waals surface area contributed by atoms with Crippen LogP contribution in [-0.4, -0.2) is 20.9 Å². The van der Waals surface area contributed by atoms with Gasteiger partial charge in [-0.15, -0.1) is 0 Å². The molecule has 118 valence electrons. The average molecular weight is 310 g/mol. The first kappa shape index (κ1) is 15.2. The Morgan fingerprint density at radius 2 is 2.00 bits per heavy atom. The second kappa shape index (κ2) is 5.81. The van der Waals surface area contributed by atoms with Crippen LogP contribution in [0.5, 0.6) is 0 Å². The number of benzene rings is 1. The molecule has 1 unspecified atom stereocenters. The van der Waals surface area contributed by atoms with Gasteiger partial charge in [-0.2, -0.15) is 0 Å². The summed E-state index contributed by atoms with van der Waals surface area (Å²) in [6.45, 7) is 4.57. The van der Waals surface area contributed by atoms with Crippen LogP contribution >= 0.6 is 0 Å². The third kappa shape index (κ3) is 2.57. The van der Waals surface area contributed by atoms with E-state index >= 15 is 0 Å². The van der Waals surface area contributed by atoms with E-state index in [-0.39, 0.29) is 11.6 Å². The summed E-state index contributed by atoms with van der Waals surface area (Å²) in [5, 5.41) is 10.8. The molecule has 0 spiro atoms. The Balaban J connectivity index is 2.23. The predicted octanol–water partition coefficient (Wildman–Crippen LogP) is 3.28. The van der Waals surface area contributed by atoms with Crippen molar-refractivity contribution in [3.8, 4) is 11.3 Å². The van der Waals surface area contributed by atoms with E-state index in [0.717, 1.165) is 28.2 Å². The second-order valence-electron chi connectivity index (χ2n) is 5.67. The monoisotopic (exact) mass is 310 g/mol. The second-order valence-corrected chi connectivity index (χ2v) is 5.67. The van der Waals surface area contributed by atoms with Crippen LogP contribution in [-0.2, 0) is 0 Å². The molecule has 0 saturated carbocycles. The van der Waals surface area contributed by atoms with Crippen LogP contribution in [0.3, 0.4) is 0 Å². The SMILES string of the molecule is Cc1cccn2c(C(C)CN)c(-c3ccc([N+](=O)[O-])cc3)nc12. The third-order valence-corrected chi connectivity index (χ3v) is 4.05. The quantitative estimate of drug-likeness (QED) is 0.592. The van der Waals surface area contributed by atoms with Crippen molar-refractivity contribution in [1.82, 2.24) is 9.38 Å². The fourth-order valence-electron chi connectivity index (χ4n) is 2.76. The fourth-order valence-corrected chi connectivity index (χ4v) is 2.76. The topological polar surface area (TPSA) is 86.5 Å². The van der Waals surface area contributed by atoms with Crippen LogP contribution in [0.4, 0.5) is 5.69 Å². The van der Waals surface area contributed by atoms with Gasteiger partial charge in [-0.1, -0.05) is 13.0 Å². The largest absolute Gasteiger partial charge is 0.330 e. The van der Waals surface area contributed by atoms with E-state index in [0.29, 0.717) is 6.54 Å². The summed E-state index contributed by atoms with van der Waals surface area (Å²) in [5.41, 5.74) is 10.6. The number of hydrogen-bond acceptors (Lipinski definition) is 4. The molecule has 23 heavy (non-hydrogen) atoms. The summed E-state index contributed by atoms with van der Waals surface area (Å²) < 4.78 is 2.06. The summed E-state index contributed by atoms with van der Waals surface area (Å²) in [6.07, 6.45) is 1.98. The van der Waals surface area contributed by atoms with Gasteiger partial charge in [0.1, 0.15) is 5.65 Å². The number of nitro groups is 1. The maximum absolute atomic E-state index is 10.8. The van der Waals surface area contributed by atoms with E-state index in [4.69, 9.17) is 10.7 Å². The van der Waals surface area contributed by atoms with E-state index in [9.17, 15) is 10.1 Å². The summed E-state index contributed by atoms with van der Waals surface area (Å²) in [5.74, 6) is 0.122. The van der Waals surface area contributed by atoms with E-state index in [1.165, 1.54) is 12.1 Å². The van der Waals surface area contributed by atoms with Gasteiger partial charge >= 0.3 is 0 Å². The van der Waals surface area contributed by atoms with E-state index < -0.39 is 4.92 Å². The molecule has 0 bridgehead atoms. The van der Waals surface area contributed by atoms with Crippen molar-refractivity contribution in [1.29, 1.82) is 0 Å². The molecular formula is C17H18N4O2. The normalized spacial score (nSPS) is 12.5.